The summed E-state index contributed by atoms with van der Waals surface area (Å²) in [6.45, 7) is 6.47. The first-order chi connectivity index (χ1) is 6.72. The third-order valence-electron chi connectivity index (χ3n) is 2.53. The summed E-state index contributed by atoms with van der Waals surface area (Å²) >= 11 is 0. The maximum Gasteiger partial charge on any atom is 0.0791 e. The molecule has 1 rings (SSSR count). The summed E-state index contributed by atoms with van der Waals surface area (Å²) in [4.78, 5) is 2.30. The van der Waals surface area contributed by atoms with E-state index >= 15 is 0 Å². The van der Waals surface area contributed by atoms with E-state index in [1.807, 2.05) is 0 Å². The minimum absolute atomic E-state index is 0.234. The third-order valence-corrected chi connectivity index (χ3v) is 2.53. The van der Waals surface area contributed by atoms with Crippen molar-refractivity contribution in [3.63, 3.8) is 0 Å². The molecule has 0 saturated carbocycles. The molecule has 1 saturated heterocycles. The fraction of sp³-hybridized carbons (Fsp3) is 1.00. The molecular weight excluding hydrogens is 180 g/mol. The molecule has 1 aliphatic heterocycles. The van der Waals surface area contributed by atoms with Crippen LogP contribution < -0.4 is 5.32 Å². The predicted molar refractivity (Wildman–Crippen MR) is 56.4 cm³/mol. The standard InChI is InChI=1S/C10H22N2O2/c1-9-7-12(4-3-5-14-2)8-10(13)6-11-9/h9-11,13H,3-8H2,1-2H3. The molecule has 0 amide bonds. The van der Waals surface area contributed by atoms with Crippen molar-refractivity contribution in [1.82, 2.24) is 10.2 Å². The van der Waals surface area contributed by atoms with Crippen molar-refractivity contribution in [1.29, 1.82) is 0 Å². The Labute approximate surface area is 86.2 Å². The summed E-state index contributed by atoms with van der Waals surface area (Å²) in [5.41, 5.74) is 0. The number of aliphatic hydroxyl groups excluding tert-OH is 1. The van der Waals surface area contributed by atoms with Crippen molar-refractivity contribution in [3.8, 4) is 0 Å². The lowest BCUT2D eigenvalue weighted by atomic mass is 10.3. The monoisotopic (exact) mass is 202 g/mol. The van der Waals surface area contributed by atoms with E-state index in [0.717, 1.165) is 32.7 Å². The highest BCUT2D eigenvalue weighted by Gasteiger charge is 2.18. The van der Waals surface area contributed by atoms with Crippen LogP contribution in [0, 0.1) is 0 Å². The first-order valence-corrected chi connectivity index (χ1v) is 5.35. The van der Waals surface area contributed by atoms with Crippen molar-refractivity contribution in [2.24, 2.45) is 0 Å². The fourth-order valence-corrected chi connectivity index (χ4v) is 1.84. The molecule has 1 aliphatic rings. The van der Waals surface area contributed by atoms with Gasteiger partial charge < -0.3 is 15.2 Å². The van der Waals surface area contributed by atoms with Crippen LogP contribution in [0.15, 0.2) is 0 Å². The van der Waals surface area contributed by atoms with Gasteiger partial charge in [0.1, 0.15) is 0 Å². The van der Waals surface area contributed by atoms with Gasteiger partial charge in [-0.25, -0.2) is 0 Å². The first kappa shape index (κ1) is 11.9. The van der Waals surface area contributed by atoms with E-state index in [-0.39, 0.29) is 6.10 Å². The lowest BCUT2D eigenvalue weighted by molar-refractivity contribution is 0.119. The van der Waals surface area contributed by atoms with Gasteiger partial charge in [0.05, 0.1) is 6.10 Å². The van der Waals surface area contributed by atoms with E-state index in [9.17, 15) is 5.11 Å². The summed E-state index contributed by atoms with van der Waals surface area (Å²) < 4.78 is 5.01. The fourth-order valence-electron chi connectivity index (χ4n) is 1.84. The van der Waals surface area contributed by atoms with Gasteiger partial charge in [-0.2, -0.15) is 0 Å². The van der Waals surface area contributed by atoms with Gasteiger partial charge in [-0.15, -0.1) is 0 Å². The second-order valence-corrected chi connectivity index (χ2v) is 4.07. The van der Waals surface area contributed by atoms with Crippen LogP contribution in [-0.2, 0) is 4.74 Å². The number of rotatable bonds is 4. The molecule has 2 atom stereocenters. The molecule has 0 aromatic carbocycles. The van der Waals surface area contributed by atoms with E-state index in [4.69, 9.17) is 4.74 Å². The average molecular weight is 202 g/mol. The van der Waals surface area contributed by atoms with E-state index in [0.29, 0.717) is 12.6 Å². The summed E-state index contributed by atoms with van der Waals surface area (Å²) in [7, 11) is 1.72. The summed E-state index contributed by atoms with van der Waals surface area (Å²) in [6, 6.07) is 0.467. The van der Waals surface area contributed by atoms with Crippen molar-refractivity contribution >= 4 is 0 Å². The minimum Gasteiger partial charge on any atom is -0.390 e. The van der Waals surface area contributed by atoms with E-state index < -0.39 is 0 Å². The summed E-state index contributed by atoms with van der Waals surface area (Å²) in [5.74, 6) is 0. The largest absolute Gasteiger partial charge is 0.390 e. The Morgan fingerprint density at radius 2 is 2.29 bits per heavy atom. The third kappa shape index (κ3) is 4.37. The van der Waals surface area contributed by atoms with Crippen molar-refractivity contribution < 1.29 is 9.84 Å². The van der Waals surface area contributed by atoms with Gasteiger partial charge in [0.15, 0.2) is 0 Å². The van der Waals surface area contributed by atoms with E-state index in [1.165, 1.54) is 0 Å². The zero-order valence-electron chi connectivity index (χ0n) is 9.20. The molecule has 84 valence electrons. The summed E-state index contributed by atoms with van der Waals surface area (Å²) in [6.07, 6.45) is 0.804. The normalized spacial score (nSPS) is 30.2. The Morgan fingerprint density at radius 3 is 3.00 bits per heavy atom. The number of ether oxygens (including phenoxy) is 1. The lowest BCUT2D eigenvalue weighted by Gasteiger charge is -2.22. The average Bonchev–Trinajstić information content (AvgIpc) is 2.29. The van der Waals surface area contributed by atoms with Gasteiger partial charge in [0.2, 0.25) is 0 Å². The topological polar surface area (TPSA) is 44.7 Å². The highest BCUT2D eigenvalue weighted by molar-refractivity contribution is 4.77. The minimum atomic E-state index is -0.234. The molecule has 0 aromatic rings. The molecule has 0 aliphatic carbocycles. The molecule has 4 nitrogen and oxygen atoms in total. The van der Waals surface area contributed by atoms with Crippen molar-refractivity contribution in [2.75, 3.05) is 39.9 Å². The lowest BCUT2D eigenvalue weighted by Crippen LogP contribution is -2.36. The Kier molecular flexibility index (Phi) is 5.40. The van der Waals surface area contributed by atoms with Gasteiger partial charge in [-0.05, 0) is 13.3 Å². The zero-order valence-corrected chi connectivity index (χ0v) is 9.20. The van der Waals surface area contributed by atoms with Gasteiger partial charge in [0.25, 0.3) is 0 Å². The van der Waals surface area contributed by atoms with Crippen LogP contribution in [0.3, 0.4) is 0 Å². The van der Waals surface area contributed by atoms with Gasteiger partial charge in [0, 0.05) is 45.9 Å². The number of hydrogen-bond donors (Lipinski definition) is 2. The molecule has 0 radical (unpaired) electrons. The highest BCUT2D eigenvalue weighted by Crippen LogP contribution is 2.01. The molecule has 2 unspecified atom stereocenters. The molecule has 0 bridgehead atoms. The molecule has 0 spiro atoms. The predicted octanol–water partition coefficient (Wildman–Crippen LogP) is -0.322. The quantitative estimate of drug-likeness (QED) is 0.613. The van der Waals surface area contributed by atoms with Crippen LogP contribution in [0.25, 0.3) is 0 Å². The van der Waals surface area contributed by atoms with Crippen molar-refractivity contribution in [3.05, 3.63) is 0 Å². The zero-order chi connectivity index (χ0) is 10.4. The van der Waals surface area contributed by atoms with Crippen molar-refractivity contribution in [2.45, 2.75) is 25.5 Å². The van der Waals surface area contributed by atoms with Gasteiger partial charge in [-0.3, -0.25) is 4.90 Å². The Morgan fingerprint density at radius 1 is 1.50 bits per heavy atom. The molecule has 1 fully saturated rings. The Bertz CT molecular complexity index is 143. The van der Waals surface area contributed by atoms with Crippen LogP contribution in [-0.4, -0.2) is 62.0 Å². The maximum absolute atomic E-state index is 9.60. The van der Waals surface area contributed by atoms with Gasteiger partial charge in [-0.1, -0.05) is 0 Å². The first-order valence-electron chi connectivity index (χ1n) is 5.35. The second-order valence-electron chi connectivity index (χ2n) is 4.07. The molecule has 1 heterocycles. The van der Waals surface area contributed by atoms with Gasteiger partial charge >= 0.3 is 0 Å². The number of nitrogens with one attached hydrogen (secondary N) is 1. The van der Waals surface area contributed by atoms with Crippen LogP contribution in [0.5, 0.6) is 0 Å². The number of nitrogens with zero attached hydrogens (tertiary/aromatic N) is 1. The molecule has 4 heteroatoms. The highest BCUT2D eigenvalue weighted by atomic mass is 16.5. The Hall–Kier alpha value is -0.160. The number of β-amino-alcohol motifs (C(OH)–C–C–N with tert-alkyl or cyclic N) is 1. The van der Waals surface area contributed by atoms with Crippen LogP contribution in [0.4, 0.5) is 0 Å². The number of hydrogen-bond acceptors (Lipinski definition) is 4. The number of methoxy groups -OCH3 is 1. The maximum atomic E-state index is 9.60. The SMILES string of the molecule is COCCCN1CC(O)CNC(C)C1. The Balaban J connectivity index is 2.26. The van der Waals surface area contributed by atoms with Crippen LogP contribution >= 0.6 is 0 Å². The second kappa shape index (κ2) is 6.35. The summed E-state index contributed by atoms with van der Waals surface area (Å²) in [5, 5.41) is 12.9. The van der Waals surface area contributed by atoms with E-state index in [1.54, 1.807) is 7.11 Å². The molecule has 0 aromatic heterocycles. The van der Waals surface area contributed by atoms with E-state index in [2.05, 4.69) is 17.1 Å². The molecular formula is C10H22N2O2. The smallest absolute Gasteiger partial charge is 0.0791 e. The number of aliphatic hydroxyl groups is 1. The molecule has 2 N–H and O–H groups in total. The van der Waals surface area contributed by atoms with Crippen LogP contribution in [0.2, 0.25) is 0 Å². The molecule has 14 heavy (non-hydrogen) atoms. The van der Waals surface area contributed by atoms with Crippen LogP contribution in [0.1, 0.15) is 13.3 Å².